The molecule has 0 heterocycles. The topological polar surface area (TPSA) is 49.3 Å². The number of nitrogens with one attached hydrogen (secondary N) is 1. The minimum Gasteiger partial charge on any atom is -0.393 e. The van der Waals surface area contributed by atoms with E-state index < -0.39 is 0 Å². The van der Waals surface area contributed by atoms with Gasteiger partial charge in [0.25, 0.3) is 0 Å². The van der Waals surface area contributed by atoms with Gasteiger partial charge in [-0.2, -0.15) is 0 Å². The van der Waals surface area contributed by atoms with Gasteiger partial charge in [-0.25, -0.2) is 0 Å². The van der Waals surface area contributed by atoms with Crippen LogP contribution in [0.25, 0.3) is 0 Å². The summed E-state index contributed by atoms with van der Waals surface area (Å²) in [4.78, 5) is 11.7. The lowest BCUT2D eigenvalue weighted by molar-refractivity contribution is -0.128. The van der Waals surface area contributed by atoms with Crippen LogP contribution in [0.3, 0.4) is 0 Å². The van der Waals surface area contributed by atoms with E-state index >= 15 is 0 Å². The first-order valence-electron chi connectivity index (χ1n) is 5.38. The maximum absolute atomic E-state index is 11.7. The molecule has 0 aliphatic heterocycles. The highest BCUT2D eigenvalue weighted by molar-refractivity contribution is 5.79. The summed E-state index contributed by atoms with van der Waals surface area (Å²) >= 11 is 0. The molecule has 14 heavy (non-hydrogen) atoms. The predicted molar refractivity (Wildman–Crippen MR) is 55.9 cm³/mol. The Hall–Kier alpha value is -0.570. The molecule has 0 spiro atoms. The van der Waals surface area contributed by atoms with Gasteiger partial charge in [0.2, 0.25) is 5.91 Å². The number of rotatable bonds is 1. The van der Waals surface area contributed by atoms with Crippen molar-refractivity contribution in [2.75, 3.05) is 0 Å². The van der Waals surface area contributed by atoms with Crippen molar-refractivity contribution in [3.63, 3.8) is 0 Å². The fourth-order valence-electron chi connectivity index (χ4n) is 1.87. The van der Waals surface area contributed by atoms with Gasteiger partial charge in [0.15, 0.2) is 0 Å². The molecule has 3 heteroatoms. The van der Waals surface area contributed by atoms with E-state index in [0.29, 0.717) is 6.42 Å². The number of aliphatic hydroxyl groups is 1. The van der Waals surface area contributed by atoms with Crippen LogP contribution in [-0.2, 0) is 4.79 Å². The molecule has 3 nitrogen and oxygen atoms in total. The molecule has 0 aromatic rings. The summed E-state index contributed by atoms with van der Waals surface area (Å²) in [5, 5.41) is 12.4. The van der Waals surface area contributed by atoms with Crippen LogP contribution in [0.4, 0.5) is 0 Å². The van der Waals surface area contributed by atoms with Crippen molar-refractivity contribution in [3.8, 4) is 0 Å². The number of carbonyl (C=O) groups is 1. The van der Waals surface area contributed by atoms with Crippen LogP contribution in [0.5, 0.6) is 0 Å². The van der Waals surface area contributed by atoms with E-state index in [-0.39, 0.29) is 23.5 Å². The second-order valence-corrected chi connectivity index (χ2v) is 5.26. The normalized spacial score (nSPS) is 28.6. The summed E-state index contributed by atoms with van der Waals surface area (Å²) in [5.74, 6) is 0.106. The molecular weight excluding hydrogens is 178 g/mol. The Labute approximate surface area is 85.9 Å². The molecule has 2 N–H and O–H groups in total. The van der Waals surface area contributed by atoms with Gasteiger partial charge in [-0.3, -0.25) is 4.79 Å². The average Bonchev–Trinajstić information content (AvgIpc) is 2.01. The lowest BCUT2D eigenvalue weighted by atomic mass is 9.86. The zero-order chi connectivity index (χ0) is 10.8. The first-order chi connectivity index (χ1) is 6.38. The molecule has 1 aliphatic carbocycles. The molecule has 82 valence electrons. The third-order valence-corrected chi connectivity index (χ3v) is 2.52. The van der Waals surface area contributed by atoms with Gasteiger partial charge in [0.1, 0.15) is 0 Å². The number of hydrogen-bond donors (Lipinski definition) is 2. The molecule has 2 atom stereocenters. The van der Waals surface area contributed by atoms with Crippen LogP contribution < -0.4 is 5.32 Å². The van der Waals surface area contributed by atoms with E-state index in [0.717, 1.165) is 19.3 Å². The van der Waals surface area contributed by atoms with Crippen molar-refractivity contribution >= 4 is 5.91 Å². The van der Waals surface area contributed by atoms with Crippen molar-refractivity contribution < 1.29 is 9.90 Å². The quantitative estimate of drug-likeness (QED) is 0.671. The Kier molecular flexibility index (Phi) is 3.53. The molecule has 0 saturated heterocycles. The Morgan fingerprint density at radius 1 is 1.36 bits per heavy atom. The fourth-order valence-corrected chi connectivity index (χ4v) is 1.87. The Morgan fingerprint density at radius 2 is 2.00 bits per heavy atom. The average molecular weight is 199 g/mol. The molecule has 0 radical (unpaired) electrons. The summed E-state index contributed by atoms with van der Waals surface area (Å²) in [7, 11) is 0. The second-order valence-electron chi connectivity index (χ2n) is 5.26. The highest BCUT2D eigenvalue weighted by atomic mass is 16.3. The SMILES string of the molecule is CC(C)(C)NC(=O)C1CCCC(O)C1. The van der Waals surface area contributed by atoms with E-state index in [1.807, 2.05) is 20.8 Å². The standard InChI is InChI=1S/C11H21NO2/c1-11(2,3)12-10(14)8-5-4-6-9(13)7-8/h8-9,13H,4-7H2,1-3H3,(H,12,14). The zero-order valence-electron chi connectivity index (χ0n) is 9.34. The second kappa shape index (κ2) is 4.30. The molecule has 1 rings (SSSR count). The van der Waals surface area contributed by atoms with Crippen molar-refractivity contribution in [1.82, 2.24) is 5.32 Å². The van der Waals surface area contributed by atoms with Crippen molar-refractivity contribution in [2.45, 2.75) is 58.1 Å². The van der Waals surface area contributed by atoms with Gasteiger partial charge in [-0.15, -0.1) is 0 Å². The molecule has 0 aromatic heterocycles. The maximum atomic E-state index is 11.7. The molecule has 1 aliphatic rings. The molecule has 0 bridgehead atoms. The van der Waals surface area contributed by atoms with Gasteiger partial charge in [-0.1, -0.05) is 6.42 Å². The Morgan fingerprint density at radius 3 is 2.50 bits per heavy atom. The maximum Gasteiger partial charge on any atom is 0.223 e. The highest BCUT2D eigenvalue weighted by Gasteiger charge is 2.27. The van der Waals surface area contributed by atoms with Crippen LogP contribution in [0.1, 0.15) is 46.5 Å². The molecule has 1 saturated carbocycles. The van der Waals surface area contributed by atoms with E-state index in [4.69, 9.17) is 0 Å². The monoisotopic (exact) mass is 199 g/mol. The first-order valence-corrected chi connectivity index (χ1v) is 5.38. The van der Waals surface area contributed by atoms with E-state index in [2.05, 4.69) is 5.32 Å². The molecule has 1 amide bonds. The summed E-state index contributed by atoms with van der Waals surface area (Å²) < 4.78 is 0. The van der Waals surface area contributed by atoms with Gasteiger partial charge >= 0.3 is 0 Å². The number of carbonyl (C=O) groups excluding carboxylic acids is 1. The lowest BCUT2D eigenvalue weighted by Crippen LogP contribution is -2.45. The van der Waals surface area contributed by atoms with Gasteiger partial charge < -0.3 is 10.4 Å². The highest BCUT2D eigenvalue weighted by Crippen LogP contribution is 2.24. The first kappa shape index (κ1) is 11.5. The van der Waals surface area contributed by atoms with Crippen molar-refractivity contribution in [2.24, 2.45) is 5.92 Å². The summed E-state index contributed by atoms with van der Waals surface area (Å²) in [6.45, 7) is 5.93. The van der Waals surface area contributed by atoms with Gasteiger partial charge in [-0.05, 0) is 40.0 Å². The van der Waals surface area contributed by atoms with Crippen molar-refractivity contribution in [1.29, 1.82) is 0 Å². The number of amides is 1. The summed E-state index contributed by atoms with van der Waals surface area (Å²) in [5.41, 5.74) is -0.167. The van der Waals surface area contributed by atoms with Crippen LogP contribution in [-0.4, -0.2) is 22.7 Å². The molecule has 0 aromatic carbocycles. The van der Waals surface area contributed by atoms with Crippen LogP contribution >= 0.6 is 0 Å². The lowest BCUT2D eigenvalue weighted by Gasteiger charge is -2.29. The largest absolute Gasteiger partial charge is 0.393 e. The van der Waals surface area contributed by atoms with Crippen molar-refractivity contribution in [3.05, 3.63) is 0 Å². The smallest absolute Gasteiger partial charge is 0.223 e. The van der Waals surface area contributed by atoms with Gasteiger partial charge in [0.05, 0.1) is 6.10 Å². The predicted octanol–water partition coefficient (Wildman–Crippen LogP) is 1.45. The van der Waals surface area contributed by atoms with Crippen LogP contribution in [0, 0.1) is 5.92 Å². The minimum atomic E-state index is -0.278. The molecule has 2 unspecified atom stereocenters. The third-order valence-electron chi connectivity index (χ3n) is 2.52. The van der Waals surface area contributed by atoms with E-state index in [9.17, 15) is 9.90 Å². The van der Waals surface area contributed by atoms with E-state index in [1.165, 1.54) is 0 Å². The Balaban J connectivity index is 2.44. The third kappa shape index (κ3) is 3.66. The van der Waals surface area contributed by atoms with Crippen LogP contribution in [0.15, 0.2) is 0 Å². The molecular formula is C11H21NO2. The minimum absolute atomic E-state index is 0.0120. The summed E-state index contributed by atoms with van der Waals surface area (Å²) in [6, 6.07) is 0. The van der Waals surface area contributed by atoms with Gasteiger partial charge in [0, 0.05) is 11.5 Å². The summed E-state index contributed by atoms with van der Waals surface area (Å²) in [6.07, 6.45) is 3.07. The number of aliphatic hydroxyl groups excluding tert-OH is 1. The fraction of sp³-hybridized carbons (Fsp3) is 0.909. The number of hydrogen-bond acceptors (Lipinski definition) is 2. The van der Waals surface area contributed by atoms with E-state index in [1.54, 1.807) is 0 Å². The Bertz CT molecular complexity index is 208. The van der Waals surface area contributed by atoms with Crippen LogP contribution in [0.2, 0.25) is 0 Å². The molecule has 1 fully saturated rings. The zero-order valence-corrected chi connectivity index (χ0v) is 9.34.